The van der Waals surface area contributed by atoms with Crippen molar-refractivity contribution in [2.24, 2.45) is 0 Å². The predicted molar refractivity (Wildman–Crippen MR) is 70.2 cm³/mol. The number of aromatic nitrogens is 5. The maximum Gasteiger partial charge on any atom is 0.228 e. The summed E-state index contributed by atoms with van der Waals surface area (Å²) in [6.45, 7) is 4.99. The minimum atomic E-state index is 0.141. The molecule has 0 saturated heterocycles. The third kappa shape index (κ3) is 4.02. The van der Waals surface area contributed by atoms with Crippen LogP contribution < -0.4 is 10.6 Å². The van der Waals surface area contributed by atoms with E-state index in [2.05, 4.69) is 35.7 Å². The molecule has 8 nitrogen and oxygen atoms in total. The molecule has 0 bridgehead atoms. The van der Waals surface area contributed by atoms with E-state index in [0.717, 1.165) is 0 Å². The molecule has 19 heavy (non-hydrogen) atoms. The molecule has 0 saturated carbocycles. The van der Waals surface area contributed by atoms with Gasteiger partial charge in [0.15, 0.2) is 5.82 Å². The van der Waals surface area contributed by atoms with Crippen LogP contribution in [-0.2, 0) is 6.42 Å². The van der Waals surface area contributed by atoms with Gasteiger partial charge in [0, 0.05) is 19.5 Å². The molecular formula is C10H14ClN7O. The Labute approximate surface area is 115 Å². The average Bonchev–Trinajstić information content (AvgIpc) is 2.75. The Morgan fingerprint density at radius 1 is 1.11 bits per heavy atom. The summed E-state index contributed by atoms with van der Waals surface area (Å²) in [5.41, 5.74) is 0. The van der Waals surface area contributed by atoms with Gasteiger partial charge >= 0.3 is 0 Å². The number of nitrogens with zero attached hydrogens (tertiary/aromatic N) is 5. The quantitative estimate of drug-likeness (QED) is 0.818. The Balaban J connectivity index is 1.91. The van der Waals surface area contributed by atoms with Gasteiger partial charge in [0.25, 0.3) is 0 Å². The maximum atomic E-state index is 5.80. The smallest absolute Gasteiger partial charge is 0.228 e. The highest BCUT2D eigenvalue weighted by Gasteiger charge is 2.05. The van der Waals surface area contributed by atoms with Gasteiger partial charge in [-0.15, -0.1) is 0 Å². The first-order valence-corrected chi connectivity index (χ1v) is 6.23. The van der Waals surface area contributed by atoms with Crippen molar-refractivity contribution in [1.29, 1.82) is 0 Å². The van der Waals surface area contributed by atoms with Crippen molar-refractivity contribution in [1.82, 2.24) is 25.1 Å². The Bertz CT molecular complexity index is 544. The van der Waals surface area contributed by atoms with Crippen LogP contribution in [0.25, 0.3) is 0 Å². The fourth-order valence-corrected chi connectivity index (χ4v) is 1.55. The molecule has 0 atom stereocenters. The van der Waals surface area contributed by atoms with E-state index in [1.165, 1.54) is 0 Å². The van der Waals surface area contributed by atoms with E-state index >= 15 is 0 Å². The van der Waals surface area contributed by atoms with Crippen molar-refractivity contribution in [3.63, 3.8) is 0 Å². The molecule has 2 N–H and O–H groups in total. The zero-order chi connectivity index (χ0) is 13.7. The Morgan fingerprint density at radius 3 is 2.47 bits per heavy atom. The molecule has 0 fully saturated rings. The second-order valence-corrected chi connectivity index (χ2v) is 4.03. The molecule has 2 heterocycles. The third-order valence-electron chi connectivity index (χ3n) is 2.13. The number of hydrogen-bond acceptors (Lipinski definition) is 8. The fraction of sp³-hybridized carbons (Fsp3) is 0.500. The van der Waals surface area contributed by atoms with Gasteiger partial charge in [-0.25, -0.2) is 0 Å². The third-order valence-corrected chi connectivity index (χ3v) is 2.30. The molecular weight excluding hydrogens is 270 g/mol. The molecule has 9 heteroatoms. The molecule has 0 spiro atoms. The van der Waals surface area contributed by atoms with Crippen LogP contribution in [0.4, 0.5) is 11.9 Å². The summed E-state index contributed by atoms with van der Waals surface area (Å²) in [6, 6.07) is 0. The van der Waals surface area contributed by atoms with Crippen LogP contribution in [0.3, 0.4) is 0 Å². The van der Waals surface area contributed by atoms with E-state index in [0.29, 0.717) is 43.1 Å². The lowest BCUT2D eigenvalue weighted by atomic mass is 10.4. The number of hydrogen-bond donors (Lipinski definition) is 2. The van der Waals surface area contributed by atoms with E-state index in [1.54, 1.807) is 6.92 Å². The first kappa shape index (κ1) is 13.5. The first-order valence-electron chi connectivity index (χ1n) is 5.86. The molecule has 0 radical (unpaired) electrons. The predicted octanol–water partition coefficient (Wildman–Crippen LogP) is 1.30. The van der Waals surface area contributed by atoms with Gasteiger partial charge in [-0.1, -0.05) is 5.16 Å². The topological polar surface area (TPSA) is 102 Å². The average molecular weight is 284 g/mol. The van der Waals surface area contributed by atoms with Gasteiger partial charge in [0.05, 0.1) is 0 Å². The summed E-state index contributed by atoms with van der Waals surface area (Å²) in [5.74, 6) is 2.04. The first-order chi connectivity index (χ1) is 9.17. The fourth-order valence-electron chi connectivity index (χ4n) is 1.39. The van der Waals surface area contributed by atoms with Crippen molar-refractivity contribution in [3.8, 4) is 0 Å². The van der Waals surface area contributed by atoms with Crippen LogP contribution >= 0.6 is 11.6 Å². The van der Waals surface area contributed by atoms with Crippen LogP contribution in [0.1, 0.15) is 18.6 Å². The van der Waals surface area contributed by atoms with E-state index in [1.807, 2.05) is 6.92 Å². The number of halogens is 1. The summed E-state index contributed by atoms with van der Waals surface area (Å²) < 4.78 is 5.00. The van der Waals surface area contributed by atoms with Gasteiger partial charge < -0.3 is 15.2 Å². The van der Waals surface area contributed by atoms with Gasteiger partial charge in [-0.2, -0.15) is 19.9 Å². The lowest BCUT2D eigenvalue weighted by molar-refractivity contribution is 0.377. The van der Waals surface area contributed by atoms with Gasteiger partial charge in [0.2, 0.25) is 23.1 Å². The Hall–Kier alpha value is -1.96. The minimum absolute atomic E-state index is 0.141. The van der Waals surface area contributed by atoms with Crippen molar-refractivity contribution in [2.75, 3.05) is 23.7 Å². The molecule has 102 valence electrons. The second-order valence-electron chi connectivity index (χ2n) is 3.69. The minimum Gasteiger partial charge on any atom is -0.354 e. The highest BCUT2D eigenvalue weighted by molar-refractivity contribution is 6.28. The molecule has 0 amide bonds. The number of nitrogens with one attached hydrogen (secondary N) is 2. The molecule has 2 aromatic heterocycles. The number of anilines is 2. The number of rotatable bonds is 6. The van der Waals surface area contributed by atoms with Gasteiger partial charge in [-0.05, 0) is 25.4 Å². The lowest BCUT2D eigenvalue weighted by Crippen LogP contribution is -2.11. The maximum absolute atomic E-state index is 5.80. The van der Waals surface area contributed by atoms with E-state index < -0.39 is 0 Å². The standard InChI is InChI=1S/C10H14ClN7O/c1-3-12-9-15-8(11)16-10(17-9)13-5-4-7-14-6(2)18-19-7/h3-5H2,1-2H3,(H2,12,13,15,16,17). The molecule has 2 aromatic rings. The van der Waals surface area contributed by atoms with Gasteiger partial charge in [-0.3, -0.25) is 0 Å². The summed E-state index contributed by atoms with van der Waals surface area (Å²) in [6.07, 6.45) is 0.584. The molecule has 0 aliphatic rings. The summed E-state index contributed by atoms with van der Waals surface area (Å²) in [5, 5.41) is 9.85. The highest BCUT2D eigenvalue weighted by Crippen LogP contribution is 2.09. The van der Waals surface area contributed by atoms with Crippen molar-refractivity contribution < 1.29 is 4.52 Å². The molecule has 0 aliphatic heterocycles. The zero-order valence-electron chi connectivity index (χ0n) is 10.6. The second kappa shape index (κ2) is 6.28. The van der Waals surface area contributed by atoms with E-state index in [9.17, 15) is 0 Å². The number of aryl methyl sites for hydroxylation is 1. The molecule has 0 aromatic carbocycles. The Kier molecular flexibility index (Phi) is 4.45. The normalized spacial score (nSPS) is 10.5. The largest absolute Gasteiger partial charge is 0.354 e. The van der Waals surface area contributed by atoms with Crippen molar-refractivity contribution in [2.45, 2.75) is 20.3 Å². The molecule has 0 unspecified atom stereocenters. The van der Waals surface area contributed by atoms with Crippen molar-refractivity contribution in [3.05, 3.63) is 17.0 Å². The van der Waals surface area contributed by atoms with Crippen LogP contribution in [0.5, 0.6) is 0 Å². The van der Waals surface area contributed by atoms with Crippen molar-refractivity contribution >= 4 is 23.5 Å². The molecule has 0 aliphatic carbocycles. The Morgan fingerprint density at radius 2 is 1.84 bits per heavy atom. The summed E-state index contributed by atoms with van der Waals surface area (Å²) >= 11 is 5.80. The molecule has 2 rings (SSSR count). The van der Waals surface area contributed by atoms with Crippen LogP contribution in [-0.4, -0.2) is 38.2 Å². The zero-order valence-corrected chi connectivity index (χ0v) is 11.4. The summed E-state index contributed by atoms with van der Waals surface area (Å²) in [7, 11) is 0. The summed E-state index contributed by atoms with van der Waals surface area (Å²) in [4.78, 5) is 16.2. The van der Waals surface area contributed by atoms with Crippen LogP contribution in [0.15, 0.2) is 4.52 Å². The van der Waals surface area contributed by atoms with E-state index in [4.69, 9.17) is 16.1 Å². The van der Waals surface area contributed by atoms with Gasteiger partial charge in [0.1, 0.15) is 0 Å². The monoisotopic (exact) mass is 283 g/mol. The lowest BCUT2D eigenvalue weighted by Gasteiger charge is -2.06. The van der Waals surface area contributed by atoms with E-state index in [-0.39, 0.29) is 5.28 Å². The van der Waals surface area contributed by atoms with Crippen LogP contribution in [0, 0.1) is 6.92 Å². The highest BCUT2D eigenvalue weighted by atomic mass is 35.5. The van der Waals surface area contributed by atoms with Crippen LogP contribution in [0.2, 0.25) is 5.28 Å². The SMILES string of the molecule is CCNc1nc(Cl)nc(NCCc2nc(C)no2)n1.